The van der Waals surface area contributed by atoms with Crippen molar-refractivity contribution in [2.45, 2.75) is 86.7 Å². The van der Waals surface area contributed by atoms with E-state index >= 15 is 0 Å². The fraction of sp³-hybridized carbons (Fsp3) is 0.630. The molecule has 0 spiro atoms. The van der Waals surface area contributed by atoms with E-state index in [-0.39, 0.29) is 35.5 Å². The molecule has 2 unspecified atom stereocenters. The molecule has 0 saturated carbocycles. The van der Waals surface area contributed by atoms with E-state index in [0.717, 1.165) is 24.8 Å². The lowest BCUT2D eigenvalue weighted by Gasteiger charge is -2.42. The van der Waals surface area contributed by atoms with Crippen LogP contribution in [0.25, 0.3) is 0 Å². The average molecular weight is 445 g/mol. The number of rotatable bonds is 10. The molecule has 1 rings (SSSR count). The number of amides is 1. The van der Waals surface area contributed by atoms with E-state index in [2.05, 4.69) is 52.1 Å². The van der Waals surface area contributed by atoms with Gasteiger partial charge in [-0.25, -0.2) is 0 Å². The summed E-state index contributed by atoms with van der Waals surface area (Å²) in [7, 11) is 0. The molecular formula is C27H44N2O3. The van der Waals surface area contributed by atoms with Gasteiger partial charge in [-0.1, -0.05) is 67.4 Å². The second-order valence-electron chi connectivity index (χ2n) is 9.92. The lowest BCUT2D eigenvalue weighted by Crippen LogP contribution is -2.50. The lowest BCUT2D eigenvalue weighted by molar-refractivity contribution is -0.132. The Labute approximate surface area is 194 Å². The molecule has 0 aromatic carbocycles. The molecule has 0 aromatic rings. The third-order valence-electron chi connectivity index (χ3n) is 6.92. The second kappa shape index (κ2) is 12.3. The fourth-order valence-electron chi connectivity index (χ4n) is 4.39. The first-order valence-corrected chi connectivity index (χ1v) is 11.7. The Kier molecular flexibility index (Phi) is 10.8. The zero-order valence-corrected chi connectivity index (χ0v) is 21.3. The van der Waals surface area contributed by atoms with Crippen LogP contribution in [0.2, 0.25) is 0 Å². The number of carbonyl (C=O) groups excluding carboxylic acids is 2. The normalized spacial score (nSPS) is 22.6. The predicted molar refractivity (Wildman–Crippen MR) is 133 cm³/mol. The summed E-state index contributed by atoms with van der Waals surface area (Å²) >= 11 is 0. The summed E-state index contributed by atoms with van der Waals surface area (Å²) in [6, 6.07) is -1.18. The molecule has 0 fully saturated rings. The Balaban J connectivity index is 2.99. The van der Waals surface area contributed by atoms with Gasteiger partial charge in [0.25, 0.3) is 0 Å². The zero-order valence-electron chi connectivity index (χ0n) is 21.3. The Morgan fingerprint density at radius 3 is 2.41 bits per heavy atom. The van der Waals surface area contributed by atoms with Crippen LogP contribution in [0.15, 0.2) is 46.6 Å². The third kappa shape index (κ3) is 7.56. The van der Waals surface area contributed by atoms with Crippen LogP contribution in [-0.2, 0) is 9.59 Å². The largest absolute Gasteiger partial charge is 0.392 e. The summed E-state index contributed by atoms with van der Waals surface area (Å²) < 4.78 is 0. The van der Waals surface area contributed by atoms with Gasteiger partial charge in [-0.3, -0.25) is 9.59 Å². The number of hydrogen-bond acceptors (Lipinski definition) is 4. The van der Waals surface area contributed by atoms with Gasteiger partial charge in [0.2, 0.25) is 5.91 Å². The molecular weight excluding hydrogens is 400 g/mol. The first-order chi connectivity index (χ1) is 14.8. The predicted octanol–water partition coefficient (Wildman–Crippen LogP) is 4.63. The number of Topliss-reactive ketones (excluding diaryl/α,β-unsaturated/α-hetero) is 1. The van der Waals surface area contributed by atoms with Gasteiger partial charge in [-0.15, -0.1) is 0 Å². The molecule has 1 aliphatic carbocycles. The molecule has 0 aliphatic heterocycles. The van der Waals surface area contributed by atoms with Gasteiger partial charge in [0.15, 0.2) is 5.78 Å². The van der Waals surface area contributed by atoms with Crippen molar-refractivity contribution in [3.8, 4) is 0 Å². The van der Waals surface area contributed by atoms with E-state index in [1.165, 1.54) is 16.7 Å². The van der Waals surface area contributed by atoms with Crippen LogP contribution in [0.1, 0.15) is 74.7 Å². The first-order valence-electron chi connectivity index (χ1n) is 11.7. The number of hydrogen-bond donors (Lipinski definition) is 3. The van der Waals surface area contributed by atoms with Crippen LogP contribution >= 0.6 is 0 Å². The Hall–Kier alpha value is -1.98. The van der Waals surface area contributed by atoms with Crippen LogP contribution in [0.3, 0.4) is 0 Å². The molecule has 0 bridgehead atoms. The molecule has 32 heavy (non-hydrogen) atoms. The van der Waals surface area contributed by atoms with E-state index in [9.17, 15) is 9.59 Å². The van der Waals surface area contributed by atoms with Gasteiger partial charge in [0.1, 0.15) is 0 Å². The standard InChI is InChI=1S/C27H44N2O3/c1-17(15-16-30)9-10-18(2)19(3)11-13-23-20(4)12-14-24(27(23,7)8)25(31)22(6)29-26(32)21(5)28/h9-11,15,18,21-22,24,30H,12-14,16,28H2,1-8H3,(H,29,32)/b10-9+,17-15+,19-11+/t18?,21-,22-,24?/m0/s1. The Bertz CT molecular complexity index is 800. The van der Waals surface area contributed by atoms with Gasteiger partial charge in [0.05, 0.1) is 18.7 Å². The highest BCUT2D eigenvalue weighted by molar-refractivity contribution is 5.92. The van der Waals surface area contributed by atoms with Crippen molar-refractivity contribution in [2.24, 2.45) is 23.0 Å². The number of ketones is 1. The third-order valence-corrected chi connectivity index (χ3v) is 6.92. The van der Waals surface area contributed by atoms with E-state index < -0.39 is 12.1 Å². The number of aliphatic hydroxyl groups is 1. The Morgan fingerprint density at radius 1 is 1.22 bits per heavy atom. The maximum absolute atomic E-state index is 13.2. The maximum atomic E-state index is 13.2. The van der Waals surface area contributed by atoms with Crippen molar-refractivity contribution >= 4 is 11.7 Å². The van der Waals surface area contributed by atoms with Crippen molar-refractivity contribution in [1.82, 2.24) is 5.32 Å². The minimum atomic E-state index is -0.630. The van der Waals surface area contributed by atoms with Gasteiger partial charge < -0.3 is 16.2 Å². The highest BCUT2D eigenvalue weighted by atomic mass is 16.2. The fourth-order valence-corrected chi connectivity index (χ4v) is 4.39. The average Bonchev–Trinajstić information content (AvgIpc) is 2.70. The number of allylic oxidation sites excluding steroid dienone is 7. The van der Waals surface area contributed by atoms with E-state index in [4.69, 9.17) is 10.8 Å². The molecule has 4 N–H and O–H groups in total. The molecule has 180 valence electrons. The molecule has 0 saturated heterocycles. The maximum Gasteiger partial charge on any atom is 0.237 e. The van der Waals surface area contributed by atoms with Crippen LogP contribution in [0.4, 0.5) is 0 Å². The van der Waals surface area contributed by atoms with E-state index in [0.29, 0.717) is 0 Å². The molecule has 5 heteroatoms. The second-order valence-corrected chi connectivity index (χ2v) is 9.92. The first kappa shape index (κ1) is 28.1. The van der Waals surface area contributed by atoms with Crippen molar-refractivity contribution in [3.63, 3.8) is 0 Å². The van der Waals surface area contributed by atoms with Crippen LogP contribution in [-0.4, -0.2) is 35.5 Å². The van der Waals surface area contributed by atoms with Crippen molar-refractivity contribution in [1.29, 1.82) is 0 Å². The summed E-state index contributed by atoms with van der Waals surface area (Å²) in [6.07, 6.45) is 10.8. The van der Waals surface area contributed by atoms with Crippen LogP contribution < -0.4 is 11.1 Å². The monoisotopic (exact) mass is 444 g/mol. The number of carbonyl (C=O) groups is 2. The molecule has 0 aromatic heterocycles. The van der Waals surface area contributed by atoms with Gasteiger partial charge in [-0.2, -0.15) is 0 Å². The molecule has 1 amide bonds. The van der Waals surface area contributed by atoms with Crippen molar-refractivity contribution < 1.29 is 14.7 Å². The summed E-state index contributed by atoms with van der Waals surface area (Å²) in [5.74, 6) is -0.0642. The summed E-state index contributed by atoms with van der Waals surface area (Å²) in [5.41, 5.74) is 10.4. The Morgan fingerprint density at radius 2 is 1.84 bits per heavy atom. The molecule has 0 heterocycles. The van der Waals surface area contributed by atoms with E-state index in [1.54, 1.807) is 19.9 Å². The number of nitrogens with two attached hydrogens (primary N) is 1. The van der Waals surface area contributed by atoms with Crippen LogP contribution in [0.5, 0.6) is 0 Å². The zero-order chi connectivity index (χ0) is 24.6. The molecule has 1 aliphatic rings. The SMILES string of the molecule is CC1=C(C/C=C(\C)C(C)/C=C/C(C)=C/CO)C(C)(C)C(C(=O)[C@H](C)NC(=O)[C@H](C)N)CC1. The topological polar surface area (TPSA) is 92.4 Å². The van der Waals surface area contributed by atoms with E-state index in [1.807, 2.05) is 13.0 Å². The van der Waals surface area contributed by atoms with Gasteiger partial charge in [-0.05, 0) is 65.2 Å². The summed E-state index contributed by atoms with van der Waals surface area (Å²) in [6.45, 7) is 16.2. The number of nitrogens with one attached hydrogen (secondary N) is 1. The molecule has 0 radical (unpaired) electrons. The lowest BCUT2D eigenvalue weighted by atomic mass is 9.62. The quantitative estimate of drug-likeness (QED) is 0.338. The minimum Gasteiger partial charge on any atom is -0.392 e. The molecule has 5 nitrogen and oxygen atoms in total. The van der Waals surface area contributed by atoms with Crippen LogP contribution in [0, 0.1) is 17.3 Å². The summed E-state index contributed by atoms with van der Waals surface area (Å²) in [4.78, 5) is 25.2. The summed E-state index contributed by atoms with van der Waals surface area (Å²) in [5, 5.41) is 11.8. The van der Waals surface area contributed by atoms with Crippen molar-refractivity contribution in [2.75, 3.05) is 6.61 Å². The smallest absolute Gasteiger partial charge is 0.237 e. The highest BCUT2D eigenvalue weighted by Gasteiger charge is 2.42. The highest BCUT2D eigenvalue weighted by Crippen LogP contribution is 2.47. The van der Waals surface area contributed by atoms with Gasteiger partial charge in [0, 0.05) is 5.92 Å². The molecule has 4 atom stereocenters. The van der Waals surface area contributed by atoms with Crippen molar-refractivity contribution in [3.05, 3.63) is 46.6 Å². The van der Waals surface area contributed by atoms with Gasteiger partial charge >= 0.3 is 0 Å². The minimum absolute atomic E-state index is 0.0509. The number of aliphatic hydroxyl groups excluding tert-OH is 1.